The molecule has 0 spiro atoms. The molecule has 1 N–H and O–H groups in total. The van der Waals surface area contributed by atoms with Crippen molar-refractivity contribution in [2.24, 2.45) is 7.05 Å². The summed E-state index contributed by atoms with van der Waals surface area (Å²) in [4.78, 5) is 3.10. The SMILES string of the molecule is Cc1[nH+]cn(C)c1C.[K+]. The van der Waals surface area contributed by atoms with Gasteiger partial charge in [-0.2, -0.15) is 0 Å². The van der Waals surface area contributed by atoms with Gasteiger partial charge in [0.1, 0.15) is 11.4 Å². The molecule has 0 saturated heterocycles. The summed E-state index contributed by atoms with van der Waals surface area (Å²) >= 11 is 0. The van der Waals surface area contributed by atoms with Crippen LogP contribution in [0.25, 0.3) is 0 Å². The second kappa shape index (κ2) is 3.88. The summed E-state index contributed by atoms with van der Waals surface area (Å²) in [7, 11) is 2.03. The Balaban J connectivity index is 0.000000640. The van der Waals surface area contributed by atoms with Crippen LogP contribution in [0.1, 0.15) is 11.4 Å². The topological polar surface area (TPSA) is 19.1 Å². The maximum absolute atomic E-state index is 3.10. The Bertz CT molecular complexity index is 173. The number of imidazole rings is 1. The number of hydrogen-bond acceptors (Lipinski definition) is 0. The van der Waals surface area contributed by atoms with Crippen molar-refractivity contribution in [1.82, 2.24) is 4.57 Å². The number of aromatic amines is 1. The first-order valence-corrected chi connectivity index (χ1v) is 2.72. The smallest absolute Gasteiger partial charge is 0.248 e. The standard InChI is InChI=1S/C6H10N2.K/c1-5-6(2)8(3)4-7-5;/h4H,1-3H3;/q;+1/p+1. The van der Waals surface area contributed by atoms with Gasteiger partial charge >= 0.3 is 51.4 Å². The molecule has 3 heteroatoms. The van der Waals surface area contributed by atoms with Crippen molar-refractivity contribution in [3.05, 3.63) is 17.7 Å². The zero-order valence-corrected chi connectivity index (χ0v) is 9.65. The first kappa shape index (κ1) is 9.85. The van der Waals surface area contributed by atoms with E-state index in [9.17, 15) is 0 Å². The number of aryl methyl sites for hydroxylation is 2. The van der Waals surface area contributed by atoms with Crippen LogP contribution in [0.3, 0.4) is 0 Å². The molecule has 0 unspecified atom stereocenters. The fourth-order valence-corrected chi connectivity index (χ4v) is 0.659. The van der Waals surface area contributed by atoms with Crippen LogP contribution in [0, 0.1) is 13.8 Å². The fraction of sp³-hybridized carbons (Fsp3) is 0.500. The van der Waals surface area contributed by atoms with E-state index < -0.39 is 0 Å². The van der Waals surface area contributed by atoms with Crippen molar-refractivity contribution >= 4 is 0 Å². The van der Waals surface area contributed by atoms with E-state index in [1.165, 1.54) is 11.4 Å². The first-order chi connectivity index (χ1) is 3.72. The summed E-state index contributed by atoms with van der Waals surface area (Å²) in [5.41, 5.74) is 2.54. The van der Waals surface area contributed by atoms with Gasteiger partial charge in [-0.1, -0.05) is 0 Å². The average Bonchev–Trinajstić information content (AvgIpc) is 1.98. The molecule has 1 heterocycles. The van der Waals surface area contributed by atoms with Crippen LogP contribution in [0.15, 0.2) is 6.33 Å². The molecule has 0 aliphatic rings. The van der Waals surface area contributed by atoms with Crippen LogP contribution in [-0.4, -0.2) is 4.57 Å². The normalized spacial score (nSPS) is 8.78. The molecule has 0 fully saturated rings. The number of nitrogens with zero attached hydrogens (tertiary/aromatic N) is 1. The van der Waals surface area contributed by atoms with Gasteiger partial charge in [-0.25, -0.2) is 9.55 Å². The van der Waals surface area contributed by atoms with Gasteiger partial charge in [-0.15, -0.1) is 0 Å². The fourth-order valence-electron chi connectivity index (χ4n) is 0.659. The average molecular weight is 150 g/mol. The molecule has 0 aromatic carbocycles. The molecule has 1 aromatic heterocycles. The van der Waals surface area contributed by atoms with E-state index in [0.717, 1.165) is 0 Å². The molecule has 0 aliphatic heterocycles. The zero-order chi connectivity index (χ0) is 6.15. The van der Waals surface area contributed by atoms with E-state index in [0.29, 0.717) is 0 Å². The summed E-state index contributed by atoms with van der Waals surface area (Å²) in [5.74, 6) is 0. The van der Waals surface area contributed by atoms with Gasteiger partial charge in [0.2, 0.25) is 6.33 Å². The zero-order valence-electron chi connectivity index (χ0n) is 6.52. The van der Waals surface area contributed by atoms with E-state index >= 15 is 0 Å². The molecule has 0 saturated carbocycles. The van der Waals surface area contributed by atoms with E-state index in [1.807, 2.05) is 13.4 Å². The van der Waals surface area contributed by atoms with Crippen molar-refractivity contribution in [3.63, 3.8) is 0 Å². The minimum absolute atomic E-state index is 0. The molecule has 0 aliphatic carbocycles. The van der Waals surface area contributed by atoms with Crippen molar-refractivity contribution in [3.8, 4) is 0 Å². The minimum Gasteiger partial charge on any atom is -0.248 e. The molecule has 44 valence electrons. The summed E-state index contributed by atoms with van der Waals surface area (Å²) in [5, 5.41) is 0. The first-order valence-electron chi connectivity index (χ1n) is 2.72. The maximum atomic E-state index is 3.10. The van der Waals surface area contributed by atoms with Crippen LogP contribution in [0.5, 0.6) is 0 Å². The maximum Gasteiger partial charge on any atom is 1.00 e. The molecule has 0 bridgehead atoms. The van der Waals surface area contributed by atoms with Gasteiger partial charge in [0, 0.05) is 13.8 Å². The Hall–Kier alpha value is 0.846. The Morgan fingerprint density at radius 1 is 1.44 bits per heavy atom. The monoisotopic (exact) mass is 150 g/mol. The van der Waals surface area contributed by atoms with Crippen molar-refractivity contribution in [1.29, 1.82) is 0 Å². The quantitative estimate of drug-likeness (QED) is 0.363. The predicted octanol–water partition coefficient (Wildman–Crippen LogP) is -2.54. The molecular weight excluding hydrogens is 139 g/mol. The summed E-state index contributed by atoms with van der Waals surface area (Å²) in [6, 6.07) is 0. The molecule has 9 heavy (non-hydrogen) atoms. The Kier molecular flexibility index (Phi) is 4.25. The number of H-pyrrole nitrogens is 1. The number of aromatic nitrogens is 2. The predicted molar refractivity (Wildman–Crippen MR) is 31.4 cm³/mol. The number of nitrogens with one attached hydrogen (secondary N) is 1. The third-order valence-electron chi connectivity index (χ3n) is 1.55. The summed E-state index contributed by atoms with van der Waals surface area (Å²) in [6.07, 6.45) is 1.95. The van der Waals surface area contributed by atoms with Crippen LogP contribution < -0.4 is 56.4 Å². The summed E-state index contributed by atoms with van der Waals surface area (Å²) in [6.45, 7) is 4.15. The van der Waals surface area contributed by atoms with Gasteiger partial charge in [0.15, 0.2) is 0 Å². The van der Waals surface area contributed by atoms with Crippen molar-refractivity contribution in [2.75, 3.05) is 0 Å². The molecular formula is C6H11KN2+2. The van der Waals surface area contributed by atoms with Gasteiger partial charge in [0.05, 0.1) is 7.05 Å². The third-order valence-corrected chi connectivity index (χ3v) is 1.55. The molecule has 0 atom stereocenters. The molecule has 0 amide bonds. The Labute approximate surface area is 98.1 Å². The molecule has 1 aromatic rings. The molecule has 2 nitrogen and oxygen atoms in total. The molecule has 0 radical (unpaired) electrons. The van der Waals surface area contributed by atoms with Crippen molar-refractivity contribution < 1.29 is 56.4 Å². The second-order valence-electron chi connectivity index (χ2n) is 2.09. The van der Waals surface area contributed by atoms with E-state index in [4.69, 9.17) is 0 Å². The van der Waals surface area contributed by atoms with Crippen LogP contribution in [-0.2, 0) is 7.05 Å². The van der Waals surface area contributed by atoms with Gasteiger partial charge in [0.25, 0.3) is 0 Å². The van der Waals surface area contributed by atoms with E-state index in [-0.39, 0.29) is 51.4 Å². The van der Waals surface area contributed by atoms with Gasteiger partial charge < -0.3 is 0 Å². The van der Waals surface area contributed by atoms with Crippen molar-refractivity contribution in [2.45, 2.75) is 13.8 Å². The Morgan fingerprint density at radius 2 is 2.00 bits per heavy atom. The third kappa shape index (κ3) is 2.16. The number of rotatable bonds is 0. The van der Waals surface area contributed by atoms with Gasteiger partial charge in [-0.05, 0) is 0 Å². The largest absolute Gasteiger partial charge is 1.00 e. The van der Waals surface area contributed by atoms with Crippen LogP contribution in [0.4, 0.5) is 0 Å². The van der Waals surface area contributed by atoms with Gasteiger partial charge in [-0.3, -0.25) is 0 Å². The Morgan fingerprint density at radius 3 is 2.11 bits per heavy atom. The van der Waals surface area contributed by atoms with E-state index in [1.54, 1.807) is 0 Å². The minimum atomic E-state index is 0. The van der Waals surface area contributed by atoms with Crippen LogP contribution in [0.2, 0.25) is 0 Å². The number of hydrogen-bond donors (Lipinski definition) is 0. The van der Waals surface area contributed by atoms with E-state index in [2.05, 4.69) is 23.4 Å². The second-order valence-corrected chi connectivity index (χ2v) is 2.09. The summed E-state index contributed by atoms with van der Waals surface area (Å²) < 4.78 is 2.06. The van der Waals surface area contributed by atoms with Crippen LogP contribution >= 0.6 is 0 Å². The molecule has 1 rings (SSSR count).